The topological polar surface area (TPSA) is 48.9 Å². The number of aromatic nitrogens is 2. The lowest BCUT2D eigenvalue weighted by Gasteiger charge is -1.79. The van der Waals surface area contributed by atoms with E-state index in [0.717, 1.165) is 0 Å². The first-order valence-electron chi connectivity index (χ1n) is 2.52. The normalized spacial score (nSPS) is 11.4. The summed E-state index contributed by atoms with van der Waals surface area (Å²) in [5.41, 5.74) is -0.472. The van der Waals surface area contributed by atoms with Gasteiger partial charge in [-0.05, 0) is 6.92 Å². The Morgan fingerprint density at radius 1 is 1.78 bits per heavy atom. The molecule has 1 rings (SSSR count). The number of hydrogen-bond acceptors (Lipinski definition) is 3. The molecule has 0 aliphatic heterocycles. The molecule has 0 bridgehead atoms. The SMILES string of the molecule is CC(O)S.c1c[nH]cn1. The lowest BCUT2D eigenvalue weighted by Crippen LogP contribution is -1.79. The fourth-order valence-electron chi connectivity index (χ4n) is 0.215. The van der Waals surface area contributed by atoms with Crippen LogP contribution in [0.2, 0.25) is 0 Å². The van der Waals surface area contributed by atoms with Gasteiger partial charge in [0.1, 0.15) is 0 Å². The highest BCUT2D eigenvalue weighted by Crippen LogP contribution is 1.78. The van der Waals surface area contributed by atoms with Crippen molar-refractivity contribution in [3.63, 3.8) is 0 Å². The highest BCUT2D eigenvalue weighted by atomic mass is 32.1. The van der Waals surface area contributed by atoms with Crippen LogP contribution in [0, 0.1) is 0 Å². The van der Waals surface area contributed by atoms with Crippen LogP contribution < -0.4 is 0 Å². The lowest BCUT2D eigenvalue weighted by atomic mass is 10.9. The van der Waals surface area contributed by atoms with Gasteiger partial charge in [0.2, 0.25) is 0 Å². The molecule has 1 unspecified atom stereocenters. The summed E-state index contributed by atoms with van der Waals surface area (Å²) in [5, 5.41) is 7.92. The van der Waals surface area contributed by atoms with Crippen LogP contribution in [-0.4, -0.2) is 20.5 Å². The molecule has 0 saturated heterocycles. The Kier molecular flexibility index (Phi) is 5.35. The zero-order valence-corrected chi connectivity index (χ0v) is 6.05. The average molecular weight is 146 g/mol. The van der Waals surface area contributed by atoms with Gasteiger partial charge in [0, 0.05) is 12.4 Å². The maximum Gasteiger partial charge on any atom is 0.0936 e. The molecule has 3 nitrogen and oxygen atoms in total. The molecular formula is C5H10N2OS. The molecule has 0 fully saturated rings. The molecule has 0 spiro atoms. The number of aliphatic hydroxyl groups is 1. The van der Waals surface area contributed by atoms with Crippen LogP contribution in [0.15, 0.2) is 18.7 Å². The van der Waals surface area contributed by atoms with Crippen molar-refractivity contribution in [3.05, 3.63) is 18.7 Å². The van der Waals surface area contributed by atoms with E-state index in [-0.39, 0.29) is 0 Å². The standard InChI is InChI=1S/C3H4N2.C2H6OS/c1-2-5-3-4-1;1-2(3)4/h1-3H,(H,4,5);2-4H,1H3. The molecule has 0 aromatic carbocycles. The van der Waals surface area contributed by atoms with Crippen LogP contribution >= 0.6 is 12.6 Å². The summed E-state index contributed by atoms with van der Waals surface area (Å²) in [4.78, 5) is 6.42. The second kappa shape index (κ2) is 5.65. The molecule has 1 aromatic heterocycles. The van der Waals surface area contributed by atoms with Crippen molar-refractivity contribution in [1.29, 1.82) is 0 Å². The van der Waals surface area contributed by atoms with Gasteiger partial charge in [-0.1, -0.05) is 0 Å². The summed E-state index contributed by atoms with van der Waals surface area (Å²) >= 11 is 3.52. The predicted molar refractivity (Wildman–Crippen MR) is 39.3 cm³/mol. The summed E-state index contributed by atoms with van der Waals surface area (Å²) in [5.74, 6) is 0. The largest absolute Gasteiger partial charge is 0.383 e. The number of nitrogens with zero attached hydrogens (tertiary/aromatic N) is 1. The van der Waals surface area contributed by atoms with Gasteiger partial charge >= 0.3 is 0 Å². The van der Waals surface area contributed by atoms with Crippen molar-refractivity contribution in [2.24, 2.45) is 0 Å². The Labute approximate surface area is 59.5 Å². The second-order valence-electron chi connectivity index (χ2n) is 1.39. The number of imidazole rings is 1. The molecule has 1 atom stereocenters. The van der Waals surface area contributed by atoms with E-state index in [1.54, 1.807) is 25.6 Å². The van der Waals surface area contributed by atoms with E-state index in [9.17, 15) is 0 Å². The number of hydrogen-bond donors (Lipinski definition) is 3. The van der Waals surface area contributed by atoms with Gasteiger partial charge in [0.05, 0.1) is 11.8 Å². The third kappa shape index (κ3) is 11.2. The van der Waals surface area contributed by atoms with Crippen LogP contribution in [-0.2, 0) is 0 Å². The van der Waals surface area contributed by atoms with Crippen molar-refractivity contribution in [2.45, 2.75) is 12.4 Å². The van der Waals surface area contributed by atoms with Crippen LogP contribution in [0.5, 0.6) is 0 Å². The monoisotopic (exact) mass is 146 g/mol. The van der Waals surface area contributed by atoms with Crippen LogP contribution in [0.4, 0.5) is 0 Å². The van der Waals surface area contributed by atoms with Crippen molar-refractivity contribution in [1.82, 2.24) is 9.97 Å². The average Bonchev–Trinajstić information content (AvgIpc) is 2.11. The van der Waals surface area contributed by atoms with E-state index in [1.165, 1.54) is 0 Å². The Hall–Kier alpha value is -0.480. The third-order valence-corrected chi connectivity index (χ3v) is 0.406. The van der Waals surface area contributed by atoms with Gasteiger partial charge in [-0.15, -0.1) is 12.6 Å². The van der Waals surface area contributed by atoms with Gasteiger partial charge in [-0.3, -0.25) is 0 Å². The van der Waals surface area contributed by atoms with Crippen molar-refractivity contribution in [2.75, 3.05) is 0 Å². The molecule has 52 valence electrons. The Morgan fingerprint density at radius 3 is 2.44 bits per heavy atom. The fourth-order valence-corrected chi connectivity index (χ4v) is 0.215. The molecule has 1 aromatic rings. The zero-order valence-electron chi connectivity index (χ0n) is 5.15. The van der Waals surface area contributed by atoms with Crippen molar-refractivity contribution in [3.8, 4) is 0 Å². The number of nitrogens with one attached hydrogen (secondary N) is 1. The number of aliphatic hydroxyl groups excluding tert-OH is 1. The summed E-state index contributed by atoms with van der Waals surface area (Å²) in [6.07, 6.45) is 5.08. The molecule has 0 radical (unpaired) electrons. The minimum Gasteiger partial charge on any atom is -0.383 e. The van der Waals surface area contributed by atoms with Crippen LogP contribution in [0.1, 0.15) is 6.92 Å². The van der Waals surface area contributed by atoms with Crippen molar-refractivity contribution < 1.29 is 5.11 Å². The first kappa shape index (κ1) is 8.52. The molecule has 2 N–H and O–H groups in total. The quantitative estimate of drug-likeness (QED) is 0.372. The third-order valence-electron chi connectivity index (χ3n) is 0.406. The minimum absolute atomic E-state index is 0.472. The highest BCUT2D eigenvalue weighted by Gasteiger charge is 1.70. The maximum atomic E-state index is 7.92. The Morgan fingerprint density at radius 2 is 2.33 bits per heavy atom. The zero-order chi connectivity index (χ0) is 7.11. The predicted octanol–water partition coefficient (Wildman–Crippen LogP) is 0.664. The number of H-pyrrole nitrogens is 1. The number of thiol groups is 1. The fraction of sp³-hybridized carbons (Fsp3) is 0.400. The Balaban J connectivity index is 0.000000148. The van der Waals surface area contributed by atoms with Gasteiger partial charge in [0.25, 0.3) is 0 Å². The number of rotatable bonds is 0. The lowest BCUT2D eigenvalue weighted by molar-refractivity contribution is 0.286. The summed E-state index contributed by atoms with van der Waals surface area (Å²) < 4.78 is 0. The maximum absolute atomic E-state index is 7.92. The van der Waals surface area contributed by atoms with E-state index < -0.39 is 5.44 Å². The molecule has 0 aliphatic carbocycles. The highest BCUT2D eigenvalue weighted by molar-refractivity contribution is 7.80. The van der Waals surface area contributed by atoms with Crippen LogP contribution in [0.3, 0.4) is 0 Å². The second-order valence-corrected chi connectivity index (χ2v) is 2.14. The minimum atomic E-state index is -0.472. The Bertz CT molecular complexity index is 98.5. The molecular weight excluding hydrogens is 136 g/mol. The molecule has 0 aliphatic rings. The van der Waals surface area contributed by atoms with E-state index >= 15 is 0 Å². The smallest absolute Gasteiger partial charge is 0.0936 e. The van der Waals surface area contributed by atoms with E-state index in [0.29, 0.717) is 0 Å². The first-order chi connectivity index (χ1) is 4.23. The molecule has 9 heavy (non-hydrogen) atoms. The van der Waals surface area contributed by atoms with Gasteiger partial charge in [0.15, 0.2) is 0 Å². The molecule has 0 saturated carbocycles. The van der Waals surface area contributed by atoms with E-state index in [4.69, 9.17) is 5.11 Å². The summed E-state index contributed by atoms with van der Waals surface area (Å²) in [7, 11) is 0. The first-order valence-corrected chi connectivity index (χ1v) is 3.04. The summed E-state index contributed by atoms with van der Waals surface area (Å²) in [6, 6.07) is 0. The molecule has 1 heterocycles. The van der Waals surface area contributed by atoms with E-state index in [2.05, 4.69) is 22.6 Å². The van der Waals surface area contributed by atoms with Crippen molar-refractivity contribution >= 4 is 12.6 Å². The summed E-state index contributed by atoms with van der Waals surface area (Å²) in [6.45, 7) is 1.59. The van der Waals surface area contributed by atoms with Gasteiger partial charge < -0.3 is 10.1 Å². The molecule has 0 amide bonds. The van der Waals surface area contributed by atoms with Gasteiger partial charge in [-0.25, -0.2) is 4.98 Å². The van der Waals surface area contributed by atoms with Crippen LogP contribution in [0.25, 0.3) is 0 Å². The van der Waals surface area contributed by atoms with E-state index in [1.807, 2.05) is 0 Å². The number of aromatic amines is 1. The molecule has 4 heteroatoms. The van der Waals surface area contributed by atoms with Gasteiger partial charge in [-0.2, -0.15) is 0 Å².